The molecule has 3 aromatic rings. The SMILES string of the molecule is Cc1nc(SCC(=O)NCCCN(C)c2ccccc2)c(C#N)cc1C(=O)Nc1ccccc1. The minimum absolute atomic E-state index is 0.124. The van der Waals surface area contributed by atoms with E-state index in [1.165, 1.54) is 17.8 Å². The van der Waals surface area contributed by atoms with Crippen LogP contribution in [0.15, 0.2) is 71.8 Å². The fourth-order valence-corrected chi connectivity index (χ4v) is 4.10. The van der Waals surface area contributed by atoms with E-state index in [0.717, 1.165) is 18.7 Å². The number of rotatable bonds is 10. The van der Waals surface area contributed by atoms with Crippen molar-refractivity contribution in [2.75, 3.05) is 36.1 Å². The summed E-state index contributed by atoms with van der Waals surface area (Å²) in [5.41, 5.74) is 2.90. The van der Waals surface area contributed by atoms with Gasteiger partial charge in [-0.2, -0.15) is 5.26 Å². The molecule has 3 rings (SSSR count). The standard InChI is InChI=1S/C26H27N5O2S/c1-19-23(25(33)30-21-10-5-3-6-11-21)16-20(17-27)26(29-19)34-18-24(32)28-14-9-15-31(2)22-12-7-4-8-13-22/h3-8,10-13,16H,9,14-15,18H2,1-2H3,(H,28,32)(H,30,33). The number of nitriles is 1. The molecule has 0 atom stereocenters. The number of anilines is 2. The fourth-order valence-electron chi connectivity index (χ4n) is 3.26. The molecule has 0 unspecified atom stereocenters. The van der Waals surface area contributed by atoms with Gasteiger partial charge in [0.05, 0.1) is 22.6 Å². The van der Waals surface area contributed by atoms with Gasteiger partial charge < -0.3 is 15.5 Å². The number of carbonyl (C=O) groups excluding carboxylic acids is 2. The van der Waals surface area contributed by atoms with Gasteiger partial charge in [0.25, 0.3) is 5.91 Å². The zero-order valence-corrected chi connectivity index (χ0v) is 20.1. The Hall–Kier alpha value is -3.83. The molecular formula is C26H27N5O2S. The van der Waals surface area contributed by atoms with Gasteiger partial charge in [-0.25, -0.2) is 4.98 Å². The van der Waals surface area contributed by atoms with Crippen molar-refractivity contribution in [2.24, 2.45) is 0 Å². The van der Waals surface area contributed by atoms with Gasteiger partial charge in [0, 0.05) is 31.5 Å². The van der Waals surface area contributed by atoms with E-state index >= 15 is 0 Å². The van der Waals surface area contributed by atoms with E-state index < -0.39 is 0 Å². The van der Waals surface area contributed by atoms with Gasteiger partial charge in [-0.3, -0.25) is 9.59 Å². The fraction of sp³-hybridized carbons (Fsp3) is 0.231. The summed E-state index contributed by atoms with van der Waals surface area (Å²) in [7, 11) is 2.02. The first-order valence-corrected chi connectivity index (χ1v) is 11.9. The van der Waals surface area contributed by atoms with Crippen LogP contribution in [0, 0.1) is 18.3 Å². The Labute approximate surface area is 204 Å². The molecule has 0 saturated heterocycles. The molecular weight excluding hydrogens is 446 g/mol. The summed E-state index contributed by atoms with van der Waals surface area (Å²) in [6.45, 7) is 3.10. The molecule has 0 saturated carbocycles. The largest absolute Gasteiger partial charge is 0.375 e. The number of amides is 2. The average Bonchev–Trinajstić information content (AvgIpc) is 2.86. The highest BCUT2D eigenvalue weighted by Crippen LogP contribution is 2.23. The second kappa shape index (κ2) is 12.4. The molecule has 2 aromatic carbocycles. The summed E-state index contributed by atoms with van der Waals surface area (Å²) in [4.78, 5) is 31.5. The van der Waals surface area contributed by atoms with E-state index in [2.05, 4.69) is 26.6 Å². The van der Waals surface area contributed by atoms with E-state index in [4.69, 9.17) is 0 Å². The molecule has 1 aromatic heterocycles. The van der Waals surface area contributed by atoms with Gasteiger partial charge in [0.2, 0.25) is 5.91 Å². The zero-order valence-electron chi connectivity index (χ0n) is 19.2. The molecule has 0 aliphatic rings. The molecule has 34 heavy (non-hydrogen) atoms. The molecule has 0 aliphatic carbocycles. The number of aromatic nitrogens is 1. The van der Waals surface area contributed by atoms with Gasteiger partial charge >= 0.3 is 0 Å². The number of nitrogens with one attached hydrogen (secondary N) is 2. The van der Waals surface area contributed by atoms with Crippen LogP contribution in [0.1, 0.15) is 28.0 Å². The molecule has 174 valence electrons. The van der Waals surface area contributed by atoms with Gasteiger partial charge in [0.1, 0.15) is 11.1 Å². The summed E-state index contributed by atoms with van der Waals surface area (Å²) >= 11 is 1.19. The van der Waals surface area contributed by atoms with Gasteiger partial charge in [0.15, 0.2) is 0 Å². The summed E-state index contributed by atoms with van der Waals surface area (Å²) in [5.74, 6) is -0.311. The van der Waals surface area contributed by atoms with Crippen LogP contribution in [-0.4, -0.2) is 42.7 Å². The Morgan fingerprint density at radius 3 is 2.44 bits per heavy atom. The van der Waals surface area contributed by atoms with Crippen molar-refractivity contribution in [2.45, 2.75) is 18.4 Å². The molecule has 0 aliphatic heterocycles. The smallest absolute Gasteiger partial charge is 0.257 e. The third-order valence-electron chi connectivity index (χ3n) is 5.10. The van der Waals surface area contributed by atoms with Crippen molar-refractivity contribution in [1.29, 1.82) is 5.26 Å². The van der Waals surface area contributed by atoms with Gasteiger partial charge in [-0.15, -0.1) is 0 Å². The quantitative estimate of drug-likeness (QED) is 0.337. The Morgan fingerprint density at radius 1 is 1.09 bits per heavy atom. The van der Waals surface area contributed by atoms with E-state index in [-0.39, 0.29) is 23.1 Å². The molecule has 2 amide bonds. The molecule has 1 heterocycles. The zero-order chi connectivity index (χ0) is 24.3. The van der Waals surface area contributed by atoms with Crippen LogP contribution in [-0.2, 0) is 4.79 Å². The van der Waals surface area contributed by atoms with Crippen molar-refractivity contribution in [3.05, 3.63) is 83.6 Å². The topological polar surface area (TPSA) is 98.1 Å². The lowest BCUT2D eigenvalue weighted by Crippen LogP contribution is -2.29. The van der Waals surface area contributed by atoms with Crippen LogP contribution in [0.4, 0.5) is 11.4 Å². The monoisotopic (exact) mass is 473 g/mol. The Morgan fingerprint density at radius 2 is 1.76 bits per heavy atom. The number of pyridine rings is 1. The average molecular weight is 474 g/mol. The van der Waals surface area contributed by atoms with Crippen LogP contribution in [0.2, 0.25) is 0 Å². The maximum Gasteiger partial charge on any atom is 0.257 e. The molecule has 0 bridgehead atoms. The second-order valence-corrected chi connectivity index (χ2v) is 8.62. The number of thioether (sulfide) groups is 1. The lowest BCUT2D eigenvalue weighted by molar-refractivity contribution is -0.118. The number of aryl methyl sites for hydroxylation is 1. The molecule has 0 fully saturated rings. The van der Waals surface area contributed by atoms with Crippen molar-refractivity contribution in [3.63, 3.8) is 0 Å². The maximum atomic E-state index is 12.6. The van der Waals surface area contributed by atoms with Crippen LogP contribution in [0.3, 0.4) is 0 Å². The van der Waals surface area contributed by atoms with Crippen molar-refractivity contribution < 1.29 is 9.59 Å². The summed E-state index contributed by atoms with van der Waals surface area (Å²) in [6.07, 6.45) is 0.813. The van der Waals surface area contributed by atoms with Crippen LogP contribution >= 0.6 is 11.8 Å². The highest BCUT2D eigenvalue weighted by atomic mass is 32.2. The predicted octanol–water partition coefficient (Wildman–Crippen LogP) is 4.25. The number of nitrogens with zero attached hydrogens (tertiary/aromatic N) is 3. The highest BCUT2D eigenvalue weighted by Gasteiger charge is 2.16. The minimum atomic E-state index is -0.331. The predicted molar refractivity (Wildman–Crippen MR) is 136 cm³/mol. The number of hydrogen-bond donors (Lipinski definition) is 2. The second-order valence-electron chi connectivity index (χ2n) is 7.66. The first-order chi connectivity index (χ1) is 16.5. The van der Waals surface area contributed by atoms with Crippen LogP contribution < -0.4 is 15.5 Å². The molecule has 8 heteroatoms. The van der Waals surface area contributed by atoms with Gasteiger partial charge in [-0.1, -0.05) is 48.2 Å². The Bertz CT molecular complexity index is 1160. The summed E-state index contributed by atoms with van der Waals surface area (Å²) in [5, 5.41) is 15.7. The van der Waals surface area contributed by atoms with Crippen LogP contribution in [0.25, 0.3) is 0 Å². The van der Waals surface area contributed by atoms with Crippen molar-refractivity contribution in [1.82, 2.24) is 10.3 Å². The Balaban J connectivity index is 1.50. The third-order valence-corrected chi connectivity index (χ3v) is 6.10. The molecule has 2 N–H and O–H groups in total. The highest BCUT2D eigenvalue weighted by molar-refractivity contribution is 8.00. The first-order valence-electron chi connectivity index (χ1n) is 10.9. The maximum absolute atomic E-state index is 12.6. The summed E-state index contributed by atoms with van der Waals surface area (Å²) < 4.78 is 0. The molecule has 0 spiro atoms. The number of benzene rings is 2. The van der Waals surface area contributed by atoms with Gasteiger partial charge in [-0.05, 0) is 43.7 Å². The third kappa shape index (κ3) is 7.09. The van der Waals surface area contributed by atoms with E-state index in [0.29, 0.717) is 28.5 Å². The minimum Gasteiger partial charge on any atom is -0.375 e. The number of hydrogen-bond acceptors (Lipinski definition) is 6. The lowest BCUT2D eigenvalue weighted by atomic mass is 10.1. The molecule has 0 radical (unpaired) electrons. The summed E-state index contributed by atoms with van der Waals surface area (Å²) in [6, 6.07) is 22.8. The first kappa shape index (κ1) is 24.8. The number of para-hydroxylation sites is 2. The van der Waals surface area contributed by atoms with E-state index in [1.807, 2.05) is 55.6 Å². The normalized spacial score (nSPS) is 10.3. The number of carbonyl (C=O) groups is 2. The Kier molecular flexibility index (Phi) is 9.06. The lowest BCUT2D eigenvalue weighted by Gasteiger charge is -2.19. The van der Waals surface area contributed by atoms with Crippen LogP contribution in [0.5, 0.6) is 0 Å². The van der Waals surface area contributed by atoms with Crippen molar-refractivity contribution in [3.8, 4) is 6.07 Å². The van der Waals surface area contributed by atoms with E-state index in [1.54, 1.807) is 19.1 Å². The molecule has 7 nitrogen and oxygen atoms in total. The van der Waals surface area contributed by atoms with Crippen molar-refractivity contribution >= 4 is 35.0 Å². The van der Waals surface area contributed by atoms with E-state index in [9.17, 15) is 14.9 Å².